The zero-order valence-electron chi connectivity index (χ0n) is 11.8. The number of carbonyl (C=O) groups is 4. The van der Waals surface area contributed by atoms with Gasteiger partial charge < -0.3 is 10.4 Å². The third-order valence-corrected chi connectivity index (χ3v) is 3.32. The summed E-state index contributed by atoms with van der Waals surface area (Å²) in [7, 11) is 0. The molecule has 22 heavy (non-hydrogen) atoms. The van der Waals surface area contributed by atoms with E-state index in [1.54, 1.807) is 24.3 Å². The lowest BCUT2D eigenvalue weighted by Crippen LogP contribution is -2.29. The molecule has 0 saturated carbocycles. The summed E-state index contributed by atoms with van der Waals surface area (Å²) in [5.74, 6) is -1.90. The van der Waals surface area contributed by atoms with Gasteiger partial charge in [-0.15, -0.1) is 0 Å². The molecule has 114 valence electrons. The fraction of sp³-hybridized carbons (Fsp3) is 0.250. The highest BCUT2D eigenvalue weighted by molar-refractivity contribution is 6.24. The third-order valence-electron chi connectivity index (χ3n) is 3.32. The highest BCUT2D eigenvalue weighted by Gasteiger charge is 2.24. The molecule has 6 nitrogen and oxygen atoms in total. The molecule has 0 fully saturated rings. The van der Waals surface area contributed by atoms with Crippen LogP contribution in [0.25, 0.3) is 0 Å². The van der Waals surface area contributed by atoms with E-state index in [0.717, 1.165) is 0 Å². The number of Topliss-reactive ketones (excluding diaryl/α,β-unsaturated/α-hetero) is 1. The van der Waals surface area contributed by atoms with Gasteiger partial charge in [0.15, 0.2) is 11.6 Å². The Morgan fingerprint density at radius 1 is 1.09 bits per heavy atom. The number of hydrogen-bond acceptors (Lipinski definition) is 4. The van der Waals surface area contributed by atoms with Gasteiger partial charge in [0.25, 0.3) is 0 Å². The second-order valence-electron chi connectivity index (χ2n) is 4.93. The van der Waals surface area contributed by atoms with E-state index in [-0.39, 0.29) is 18.0 Å². The topological polar surface area (TPSA) is 101 Å². The fourth-order valence-electron chi connectivity index (χ4n) is 2.26. The summed E-state index contributed by atoms with van der Waals surface area (Å²) in [5.41, 5.74) is 1.17. The Morgan fingerprint density at radius 3 is 2.45 bits per heavy atom. The van der Waals surface area contributed by atoms with E-state index in [1.165, 1.54) is 6.08 Å². The zero-order valence-corrected chi connectivity index (χ0v) is 11.8. The molecule has 6 heteroatoms. The van der Waals surface area contributed by atoms with Gasteiger partial charge in [-0.1, -0.05) is 24.3 Å². The molecule has 0 unspecified atom stereocenters. The van der Waals surface area contributed by atoms with E-state index in [4.69, 9.17) is 5.11 Å². The Balaban J connectivity index is 1.92. The van der Waals surface area contributed by atoms with Gasteiger partial charge in [0.1, 0.15) is 6.54 Å². The van der Waals surface area contributed by atoms with Crippen LogP contribution >= 0.6 is 0 Å². The summed E-state index contributed by atoms with van der Waals surface area (Å²) >= 11 is 0. The van der Waals surface area contributed by atoms with Crippen molar-refractivity contribution in [3.05, 3.63) is 47.0 Å². The first-order chi connectivity index (χ1) is 10.5. The third kappa shape index (κ3) is 3.66. The van der Waals surface area contributed by atoms with Crippen molar-refractivity contribution in [3.63, 3.8) is 0 Å². The number of fused-ring (bicyclic) bond motifs is 1. The maximum absolute atomic E-state index is 12.3. The molecule has 2 rings (SSSR count). The summed E-state index contributed by atoms with van der Waals surface area (Å²) < 4.78 is 0. The molecule has 0 atom stereocenters. The van der Waals surface area contributed by atoms with Crippen LogP contribution in [0.4, 0.5) is 0 Å². The van der Waals surface area contributed by atoms with Gasteiger partial charge in [-0.05, 0) is 18.9 Å². The number of carboxylic acid groups (broad SMARTS) is 1. The molecular weight excluding hydrogens is 286 g/mol. The van der Waals surface area contributed by atoms with Gasteiger partial charge in [0.05, 0.1) is 0 Å². The molecule has 0 aliphatic heterocycles. The van der Waals surface area contributed by atoms with Gasteiger partial charge in [-0.25, -0.2) is 0 Å². The normalized spacial score (nSPS) is 13.4. The summed E-state index contributed by atoms with van der Waals surface area (Å²) in [6.45, 7) is -0.424. The Labute approximate surface area is 126 Å². The smallest absolute Gasteiger partial charge is 0.322 e. The lowest BCUT2D eigenvalue weighted by molar-refractivity contribution is -0.137. The number of hydrogen-bond donors (Lipinski definition) is 2. The highest BCUT2D eigenvalue weighted by atomic mass is 16.4. The molecule has 1 aliphatic rings. The van der Waals surface area contributed by atoms with Gasteiger partial charge in [-0.2, -0.15) is 0 Å². The molecule has 2 N–H and O–H groups in total. The largest absolute Gasteiger partial charge is 0.480 e. The van der Waals surface area contributed by atoms with E-state index >= 15 is 0 Å². The van der Waals surface area contributed by atoms with Crippen LogP contribution in [-0.2, 0) is 9.59 Å². The lowest BCUT2D eigenvalue weighted by atomic mass is 9.87. The van der Waals surface area contributed by atoms with Crippen molar-refractivity contribution < 1.29 is 24.3 Å². The Kier molecular flexibility index (Phi) is 4.83. The van der Waals surface area contributed by atoms with Crippen LogP contribution in [0.15, 0.2) is 35.9 Å². The van der Waals surface area contributed by atoms with Crippen molar-refractivity contribution in [3.8, 4) is 0 Å². The van der Waals surface area contributed by atoms with Crippen LogP contribution in [0.3, 0.4) is 0 Å². The summed E-state index contributed by atoms with van der Waals surface area (Å²) in [6.07, 6.45) is 2.10. The van der Waals surface area contributed by atoms with Gasteiger partial charge in [0, 0.05) is 23.1 Å². The second-order valence-corrected chi connectivity index (χ2v) is 4.93. The molecule has 1 aromatic carbocycles. The van der Waals surface area contributed by atoms with E-state index in [1.807, 2.05) is 0 Å². The SMILES string of the molecule is O=C(O)CNC(=O)CCCC1=CC(=O)c2ccccc2C1=O. The maximum Gasteiger partial charge on any atom is 0.322 e. The molecule has 1 aliphatic carbocycles. The van der Waals surface area contributed by atoms with E-state index in [9.17, 15) is 19.2 Å². The Morgan fingerprint density at radius 2 is 1.77 bits per heavy atom. The van der Waals surface area contributed by atoms with Crippen molar-refractivity contribution in [2.75, 3.05) is 6.54 Å². The van der Waals surface area contributed by atoms with E-state index < -0.39 is 18.4 Å². The zero-order chi connectivity index (χ0) is 16.1. The van der Waals surface area contributed by atoms with Crippen LogP contribution in [-0.4, -0.2) is 35.1 Å². The Bertz CT molecular complexity index is 675. The average Bonchev–Trinajstić information content (AvgIpc) is 2.50. The van der Waals surface area contributed by atoms with Crippen LogP contribution in [0, 0.1) is 0 Å². The molecule has 0 saturated heterocycles. The number of benzene rings is 1. The number of carbonyl (C=O) groups excluding carboxylic acids is 3. The van der Waals surface area contributed by atoms with Crippen LogP contribution < -0.4 is 5.32 Å². The number of rotatable bonds is 6. The van der Waals surface area contributed by atoms with Gasteiger partial charge in [0.2, 0.25) is 5.91 Å². The van der Waals surface area contributed by atoms with Crippen molar-refractivity contribution >= 4 is 23.4 Å². The minimum absolute atomic E-state index is 0.105. The minimum Gasteiger partial charge on any atom is -0.480 e. The summed E-state index contributed by atoms with van der Waals surface area (Å²) in [6, 6.07) is 6.63. The molecule has 0 spiro atoms. The molecule has 0 heterocycles. The molecule has 0 aromatic heterocycles. The molecular formula is C16H15NO5. The maximum atomic E-state index is 12.3. The fourth-order valence-corrected chi connectivity index (χ4v) is 2.26. The van der Waals surface area contributed by atoms with Crippen molar-refractivity contribution in [1.29, 1.82) is 0 Å². The van der Waals surface area contributed by atoms with Crippen LogP contribution in [0.2, 0.25) is 0 Å². The number of ketones is 2. The number of amides is 1. The highest BCUT2D eigenvalue weighted by Crippen LogP contribution is 2.24. The number of carboxylic acids is 1. The van der Waals surface area contributed by atoms with E-state index in [0.29, 0.717) is 29.5 Å². The number of allylic oxidation sites excluding steroid dienone is 2. The van der Waals surface area contributed by atoms with Crippen molar-refractivity contribution in [2.24, 2.45) is 0 Å². The van der Waals surface area contributed by atoms with Gasteiger partial charge in [-0.3, -0.25) is 19.2 Å². The summed E-state index contributed by atoms with van der Waals surface area (Å²) in [4.78, 5) is 45.9. The first kappa shape index (κ1) is 15.6. The van der Waals surface area contributed by atoms with Gasteiger partial charge >= 0.3 is 5.97 Å². The predicted octanol–water partition coefficient (Wildman–Crippen LogP) is 1.36. The number of aliphatic carboxylic acids is 1. The molecule has 1 amide bonds. The second kappa shape index (κ2) is 6.80. The standard InChI is InChI=1S/C16H15NO5/c18-13-8-10(4-3-7-14(19)17-9-15(20)21)16(22)12-6-2-1-5-11(12)13/h1-2,5-6,8H,3-4,7,9H2,(H,17,19)(H,20,21). The molecule has 1 aromatic rings. The van der Waals surface area contributed by atoms with Crippen molar-refractivity contribution in [1.82, 2.24) is 5.32 Å². The molecule has 0 bridgehead atoms. The molecule has 0 radical (unpaired) electrons. The minimum atomic E-state index is -1.11. The number of nitrogens with one attached hydrogen (secondary N) is 1. The monoisotopic (exact) mass is 301 g/mol. The quantitative estimate of drug-likeness (QED) is 0.826. The Hall–Kier alpha value is -2.76. The predicted molar refractivity (Wildman–Crippen MR) is 77.7 cm³/mol. The lowest BCUT2D eigenvalue weighted by Gasteiger charge is -2.14. The van der Waals surface area contributed by atoms with Crippen LogP contribution in [0.5, 0.6) is 0 Å². The average molecular weight is 301 g/mol. The first-order valence-electron chi connectivity index (χ1n) is 6.86. The van der Waals surface area contributed by atoms with Crippen LogP contribution in [0.1, 0.15) is 40.0 Å². The summed E-state index contributed by atoms with van der Waals surface area (Å²) in [5, 5.41) is 10.7. The van der Waals surface area contributed by atoms with E-state index in [2.05, 4.69) is 5.32 Å². The van der Waals surface area contributed by atoms with Crippen molar-refractivity contribution in [2.45, 2.75) is 19.3 Å². The first-order valence-corrected chi connectivity index (χ1v) is 6.86.